The Morgan fingerprint density at radius 1 is 1.32 bits per heavy atom. The van der Waals surface area contributed by atoms with Crippen molar-refractivity contribution in [1.29, 1.82) is 0 Å². The van der Waals surface area contributed by atoms with Crippen LogP contribution in [0.4, 0.5) is 5.82 Å². The monoisotopic (exact) mass is 262 g/mol. The highest BCUT2D eigenvalue weighted by Crippen LogP contribution is 2.30. The average Bonchev–Trinajstić information content (AvgIpc) is 3.21. The number of rotatable bonds is 8. The molecule has 1 N–H and O–H groups in total. The van der Waals surface area contributed by atoms with Crippen molar-refractivity contribution >= 4 is 5.82 Å². The molecule has 0 aliphatic heterocycles. The molecule has 0 bridgehead atoms. The summed E-state index contributed by atoms with van der Waals surface area (Å²) in [6.07, 6.45) is 7.65. The highest BCUT2D eigenvalue weighted by atomic mass is 15.2. The molecule has 1 fully saturated rings. The van der Waals surface area contributed by atoms with Gasteiger partial charge < -0.3 is 5.32 Å². The largest absolute Gasteiger partial charge is 0.369 e. The summed E-state index contributed by atoms with van der Waals surface area (Å²) in [5.41, 5.74) is 1.07. The Kier molecular flexibility index (Phi) is 5.14. The molecule has 1 aromatic heterocycles. The minimum atomic E-state index is 0.570. The molecule has 0 aromatic carbocycles. The fourth-order valence-corrected chi connectivity index (χ4v) is 2.08. The fourth-order valence-electron chi connectivity index (χ4n) is 2.08. The van der Waals surface area contributed by atoms with E-state index in [0.29, 0.717) is 6.04 Å². The predicted molar refractivity (Wildman–Crippen MR) is 79.1 cm³/mol. The Balaban J connectivity index is 1.88. The van der Waals surface area contributed by atoms with Crippen molar-refractivity contribution in [2.45, 2.75) is 52.6 Å². The molecule has 1 aliphatic rings. The molecule has 4 heteroatoms. The molecule has 0 unspecified atom stereocenters. The van der Waals surface area contributed by atoms with Gasteiger partial charge in [-0.15, -0.1) is 0 Å². The lowest BCUT2D eigenvalue weighted by Gasteiger charge is -2.25. The van der Waals surface area contributed by atoms with Gasteiger partial charge >= 0.3 is 0 Å². The van der Waals surface area contributed by atoms with Crippen LogP contribution in [0.3, 0.4) is 0 Å². The third-order valence-corrected chi connectivity index (χ3v) is 3.55. The van der Waals surface area contributed by atoms with Crippen molar-refractivity contribution < 1.29 is 0 Å². The van der Waals surface area contributed by atoms with Crippen LogP contribution in [0.5, 0.6) is 0 Å². The first-order valence-corrected chi connectivity index (χ1v) is 7.48. The Labute approximate surface area is 116 Å². The van der Waals surface area contributed by atoms with Crippen LogP contribution in [0.25, 0.3) is 0 Å². The van der Waals surface area contributed by atoms with Gasteiger partial charge in [0.05, 0.1) is 18.1 Å². The molecule has 0 saturated heterocycles. The van der Waals surface area contributed by atoms with E-state index in [1.807, 2.05) is 12.4 Å². The van der Waals surface area contributed by atoms with Gasteiger partial charge in [0, 0.05) is 25.7 Å². The molecule has 4 nitrogen and oxygen atoms in total. The second kappa shape index (κ2) is 6.85. The number of aromatic nitrogens is 2. The molecule has 1 saturated carbocycles. The fraction of sp³-hybridized carbons (Fsp3) is 0.733. The lowest BCUT2D eigenvalue weighted by Crippen LogP contribution is -2.32. The van der Waals surface area contributed by atoms with Crippen LogP contribution in [0, 0.1) is 5.92 Å². The third kappa shape index (κ3) is 4.78. The van der Waals surface area contributed by atoms with Gasteiger partial charge in [-0.1, -0.05) is 6.92 Å². The third-order valence-electron chi connectivity index (χ3n) is 3.55. The maximum absolute atomic E-state index is 4.51. The molecule has 0 amide bonds. The SMILES string of the molecule is CCCNc1cnc(CN(CC2CC2)C(C)C)cn1. The van der Waals surface area contributed by atoms with E-state index < -0.39 is 0 Å². The maximum atomic E-state index is 4.51. The van der Waals surface area contributed by atoms with Crippen molar-refractivity contribution in [2.75, 3.05) is 18.4 Å². The van der Waals surface area contributed by atoms with Gasteiger partial charge in [-0.05, 0) is 39.0 Å². The quantitative estimate of drug-likeness (QED) is 0.782. The van der Waals surface area contributed by atoms with Crippen molar-refractivity contribution in [3.63, 3.8) is 0 Å². The lowest BCUT2D eigenvalue weighted by atomic mass is 10.2. The Morgan fingerprint density at radius 3 is 2.63 bits per heavy atom. The molecule has 0 atom stereocenters. The zero-order chi connectivity index (χ0) is 13.7. The summed E-state index contributed by atoms with van der Waals surface area (Å²) in [5.74, 6) is 1.80. The molecule has 1 aliphatic carbocycles. The zero-order valence-electron chi connectivity index (χ0n) is 12.4. The van der Waals surface area contributed by atoms with Crippen molar-refractivity contribution in [3.8, 4) is 0 Å². The van der Waals surface area contributed by atoms with Crippen molar-refractivity contribution in [3.05, 3.63) is 18.1 Å². The van der Waals surface area contributed by atoms with Gasteiger partial charge in [0.2, 0.25) is 0 Å². The van der Waals surface area contributed by atoms with Crippen molar-refractivity contribution in [2.24, 2.45) is 5.92 Å². The summed E-state index contributed by atoms with van der Waals surface area (Å²) in [5, 5.41) is 3.25. The second-order valence-electron chi connectivity index (χ2n) is 5.79. The maximum Gasteiger partial charge on any atom is 0.144 e. The zero-order valence-corrected chi connectivity index (χ0v) is 12.4. The molecule has 2 rings (SSSR count). The Morgan fingerprint density at radius 2 is 2.11 bits per heavy atom. The van der Waals surface area contributed by atoms with Gasteiger partial charge in [-0.2, -0.15) is 0 Å². The molecule has 0 spiro atoms. The van der Waals surface area contributed by atoms with Gasteiger partial charge in [0.25, 0.3) is 0 Å². The summed E-state index contributed by atoms with van der Waals surface area (Å²) in [4.78, 5) is 11.4. The molecule has 106 valence electrons. The van der Waals surface area contributed by atoms with Crippen LogP contribution in [0.2, 0.25) is 0 Å². The molecule has 0 radical (unpaired) electrons. The first kappa shape index (κ1) is 14.3. The van der Waals surface area contributed by atoms with E-state index in [9.17, 15) is 0 Å². The van der Waals surface area contributed by atoms with Crippen LogP contribution in [0.15, 0.2) is 12.4 Å². The summed E-state index contributed by atoms with van der Waals surface area (Å²) in [6.45, 7) is 9.73. The van der Waals surface area contributed by atoms with Gasteiger partial charge in [-0.25, -0.2) is 4.98 Å². The number of hydrogen-bond acceptors (Lipinski definition) is 4. The number of hydrogen-bond donors (Lipinski definition) is 1. The lowest BCUT2D eigenvalue weighted by molar-refractivity contribution is 0.201. The summed E-state index contributed by atoms with van der Waals surface area (Å²) in [7, 11) is 0. The van der Waals surface area contributed by atoms with Crippen molar-refractivity contribution in [1.82, 2.24) is 14.9 Å². The first-order chi connectivity index (χ1) is 9.19. The smallest absolute Gasteiger partial charge is 0.144 e. The topological polar surface area (TPSA) is 41.1 Å². The second-order valence-corrected chi connectivity index (χ2v) is 5.79. The Hall–Kier alpha value is -1.16. The number of nitrogens with zero attached hydrogens (tertiary/aromatic N) is 3. The number of nitrogens with one attached hydrogen (secondary N) is 1. The summed E-state index contributed by atoms with van der Waals surface area (Å²) < 4.78 is 0. The van der Waals surface area contributed by atoms with Crippen LogP contribution < -0.4 is 5.32 Å². The van der Waals surface area contributed by atoms with Gasteiger partial charge in [0.1, 0.15) is 5.82 Å². The van der Waals surface area contributed by atoms with E-state index in [1.165, 1.54) is 19.4 Å². The van der Waals surface area contributed by atoms with E-state index in [2.05, 4.69) is 41.0 Å². The standard InChI is InChI=1S/C15H26N4/c1-4-7-16-15-9-17-14(8-18-15)11-19(12(2)3)10-13-5-6-13/h8-9,12-13H,4-7,10-11H2,1-3H3,(H,16,18). The van der Waals surface area contributed by atoms with E-state index in [1.54, 1.807) is 0 Å². The highest BCUT2D eigenvalue weighted by molar-refractivity contribution is 5.30. The molecule has 1 heterocycles. The number of anilines is 1. The van der Waals surface area contributed by atoms with Crippen LogP contribution >= 0.6 is 0 Å². The minimum absolute atomic E-state index is 0.570. The van der Waals surface area contributed by atoms with E-state index in [4.69, 9.17) is 0 Å². The van der Waals surface area contributed by atoms with E-state index in [0.717, 1.165) is 36.9 Å². The van der Waals surface area contributed by atoms with Crippen LogP contribution in [-0.4, -0.2) is 34.0 Å². The highest BCUT2D eigenvalue weighted by Gasteiger charge is 2.25. The summed E-state index contributed by atoms with van der Waals surface area (Å²) in [6, 6.07) is 0.570. The first-order valence-electron chi connectivity index (χ1n) is 7.48. The predicted octanol–water partition coefficient (Wildman–Crippen LogP) is 2.92. The molecule has 19 heavy (non-hydrogen) atoms. The average molecular weight is 262 g/mol. The Bertz CT molecular complexity index is 370. The van der Waals surface area contributed by atoms with Gasteiger partial charge in [-0.3, -0.25) is 9.88 Å². The van der Waals surface area contributed by atoms with Crippen LogP contribution in [-0.2, 0) is 6.54 Å². The van der Waals surface area contributed by atoms with E-state index in [-0.39, 0.29) is 0 Å². The van der Waals surface area contributed by atoms with Crippen LogP contribution in [0.1, 0.15) is 45.7 Å². The minimum Gasteiger partial charge on any atom is -0.369 e. The normalized spacial score (nSPS) is 15.2. The van der Waals surface area contributed by atoms with E-state index >= 15 is 0 Å². The van der Waals surface area contributed by atoms with Gasteiger partial charge in [0.15, 0.2) is 0 Å². The molecular formula is C15H26N4. The summed E-state index contributed by atoms with van der Waals surface area (Å²) >= 11 is 0. The molecular weight excluding hydrogens is 236 g/mol. The molecule has 1 aromatic rings.